The van der Waals surface area contributed by atoms with E-state index in [2.05, 4.69) is 15.9 Å². The third-order valence-corrected chi connectivity index (χ3v) is 6.98. The maximum atomic E-state index is 12.0. The summed E-state index contributed by atoms with van der Waals surface area (Å²) in [4.78, 5) is 11.6. The lowest BCUT2D eigenvalue weighted by Gasteiger charge is -2.33. The van der Waals surface area contributed by atoms with Gasteiger partial charge in [-0.05, 0) is 48.2 Å². The maximum Gasteiger partial charge on any atom is 0.309 e. The first-order valence-electron chi connectivity index (χ1n) is 9.82. The number of amidine groups is 1. The zero-order valence-corrected chi connectivity index (χ0v) is 19.0. The fourth-order valence-electron chi connectivity index (χ4n) is 3.88. The van der Waals surface area contributed by atoms with Crippen LogP contribution in [-0.2, 0) is 15.7 Å². The molecule has 2 N–H and O–H groups in total. The van der Waals surface area contributed by atoms with Crippen molar-refractivity contribution in [2.24, 2.45) is 15.7 Å². The molecular formula is C21H23BrN4O3S. The van der Waals surface area contributed by atoms with Crippen LogP contribution < -0.4 is 9.92 Å². The summed E-state index contributed by atoms with van der Waals surface area (Å²) in [6.07, 6.45) is 1.41. The highest BCUT2D eigenvalue weighted by molar-refractivity contribution is 9.10. The standard InChI is InChI=1S/C21H23BrN4O3S/c1-2-13-30(27,28)29-18-9-7-15(8-10-18)21(16-5-3-6-17(22)14-16)19-24-11-4-12-26(19)20(23)25-21/h3,5-10,14H,2,4,11-13H2,1H3,(H2,23,25). The number of hydrogen-bond donors (Lipinski definition) is 1. The monoisotopic (exact) mass is 490 g/mol. The lowest BCUT2D eigenvalue weighted by atomic mass is 9.82. The molecule has 0 saturated carbocycles. The van der Waals surface area contributed by atoms with Crippen molar-refractivity contribution in [3.8, 4) is 5.75 Å². The highest BCUT2D eigenvalue weighted by atomic mass is 79.9. The van der Waals surface area contributed by atoms with E-state index in [-0.39, 0.29) is 11.5 Å². The third kappa shape index (κ3) is 3.72. The number of benzene rings is 2. The summed E-state index contributed by atoms with van der Waals surface area (Å²) in [5, 5.41) is 0. The van der Waals surface area contributed by atoms with Gasteiger partial charge >= 0.3 is 10.1 Å². The lowest BCUT2D eigenvalue weighted by Crippen LogP contribution is -2.46. The maximum absolute atomic E-state index is 12.0. The second-order valence-electron chi connectivity index (χ2n) is 7.27. The van der Waals surface area contributed by atoms with Crippen molar-refractivity contribution in [3.63, 3.8) is 0 Å². The van der Waals surface area contributed by atoms with Gasteiger partial charge in [-0.1, -0.05) is 47.1 Å². The molecule has 1 unspecified atom stereocenters. The van der Waals surface area contributed by atoms with Gasteiger partial charge < -0.3 is 9.92 Å². The van der Waals surface area contributed by atoms with Gasteiger partial charge in [0.25, 0.3) is 0 Å². The van der Waals surface area contributed by atoms with E-state index in [1.54, 1.807) is 19.1 Å². The number of nitrogens with two attached hydrogens (primary N) is 1. The van der Waals surface area contributed by atoms with Gasteiger partial charge in [0.2, 0.25) is 0 Å². The van der Waals surface area contributed by atoms with Crippen molar-refractivity contribution in [2.75, 3.05) is 18.8 Å². The van der Waals surface area contributed by atoms with E-state index in [1.165, 1.54) is 0 Å². The zero-order valence-electron chi connectivity index (χ0n) is 16.6. The molecule has 2 aliphatic rings. The fraction of sp³-hybridized carbons (Fsp3) is 0.333. The van der Waals surface area contributed by atoms with Crippen LogP contribution in [0.3, 0.4) is 0 Å². The molecule has 0 fully saturated rings. The Morgan fingerprint density at radius 1 is 1.20 bits per heavy atom. The number of fused-ring (bicyclic) bond motifs is 1. The molecule has 0 amide bonds. The van der Waals surface area contributed by atoms with Crippen LogP contribution in [0.5, 0.6) is 5.75 Å². The van der Waals surface area contributed by atoms with Gasteiger partial charge in [-0.2, -0.15) is 8.42 Å². The summed E-state index contributed by atoms with van der Waals surface area (Å²) in [5.41, 5.74) is 7.18. The normalized spacial score (nSPS) is 21.1. The lowest BCUT2D eigenvalue weighted by molar-refractivity contribution is 0.484. The Labute approximate surface area is 184 Å². The van der Waals surface area contributed by atoms with E-state index in [4.69, 9.17) is 19.9 Å². The summed E-state index contributed by atoms with van der Waals surface area (Å²) in [6, 6.07) is 14.9. The molecule has 158 valence electrons. The number of hydrogen-bond acceptors (Lipinski definition) is 7. The Morgan fingerprint density at radius 2 is 1.97 bits per heavy atom. The molecule has 0 radical (unpaired) electrons. The van der Waals surface area contributed by atoms with Crippen LogP contribution in [0.4, 0.5) is 0 Å². The predicted molar refractivity (Wildman–Crippen MR) is 121 cm³/mol. The van der Waals surface area contributed by atoms with E-state index in [9.17, 15) is 8.42 Å². The Kier molecular flexibility index (Phi) is 5.59. The zero-order chi connectivity index (χ0) is 21.4. The average molecular weight is 491 g/mol. The Hall–Kier alpha value is -2.39. The highest BCUT2D eigenvalue weighted by Gasteiger charge is 2.49. The Balaban J connectivity index is 1.82. The number of nitrogens with zero attached hydrogens (tertiary/aromatic N) is 3. The molecule has 2 aromatic rings. The molecule has 0 spiro atoms. The van der Waals surface area contributed by atoms with Crippen LogP contribution in [0.2, 0.25) is 0 Å². The van der Waals surface area contributed by atoms with Crippen molar-refractivity contribution >= 4 is 37.8 Å². The van der Waals surface area contributed by atoms with Gasteiger partial charge in [-0.3, -0.25) is 9.89 Å². The molecule has 1 atom stereocenters. The van der Waals surface area contributed by atoms with Crippen LogP contribution >= 0.6 is 15.9 Å². The molecule has 30 heavy (non-hydrogen) atoms. The second kappa shape index (κ2) is 8.03. The van der Waals surface area contributed by atoms with E-state index in [1.807, 2.05) is 41.3 Å². The van der Waals surface area contributed by atoms with Gasteiger partial charge in [-0.15, -0.1) is 0 Å². The number of aliphatic imine (C=N–C) groups is 2. The predicted octanol–water partition coefficient (Wildman–Crippen LogP) is 3.24. The third-order valence-electron chi connectivity index (χ3n) is 5.13. The molecule has 0 aromatic heterocycles. The second-order valence-corrected chi connectivity index (χ2v) is 9.88. The van der Waals surface area contributed by atoms with Gasteiger partial charge in [-0.25, -0.2) is 4.99 Å². The van der Waals surface area contributed by atoms with E-state index in [0.717, 1.165) is 34.4 Å². The first-order chi connectivity index (χ1) is 14.4. The van der Waals surface area contributed by atoms with Crippen LogP contribution in [0.1, 0.15) is 30.9 Å². The fourth-order valence-corrected chi connectivity index (χ4v) is 5.26. The summed E-state index contributed by atoms with van der Waals surface area (Å²) in [5.74, 6) is 1.47. The Morgan fingerprint density at radius 3 is 2.67 bits per heavy atom. The quantitative estimate of drug-likeness (QED) is 0.626. The molecule has 0 bridgehead atoms. The minimum absolute atomic E-state index is 0.0245. The minimum Gasteiger partial charge on any atom is -0.382 e. The molecule has 9 heteroatoms. The van der Waals surface area contributed by atoms with Gasteiger partial charge in [0, 0.05) is 17.6 Å². The van der Waals surface area contributed by atoms with Crippen LogP contribution in [0.15, 0.2) is 63.0 Å². The summed E-state index contributed by atoms with van der Waals surface area (Å²) in [6.45, 7) is 3.27. The van der Waals surface area contributed by atoms with Crippen molar-refractivity contribution < 1.29 is 12.6 Å². The van der Waals surface area contributed by atoms with Crippen LogP contribution in [0, 0.1) is 0 Å². The number of halogens is 1. The Bertz CT molecular complexity index is 1120. The summed E-state index contributed by atoms with van der Waals surface area (Å²) in [7, 11) is -3.60. The number of guanidine groups is 1. The smallest absolute Gasteiger partial charge is 0.309 e. The molecule has 2 heterocycles. The van der Waals surface area contributed by atoms with Crippen molar-refractivity contribution in [2.45, 2.75) is 25.3 Å². The van der Waals surface area contributed by atoms with Crippen molar-refractivity contribution in [1.82, 2.24) is 4.90 Å². The highest BCUT2D eigenvalue weighted by Crippen LogP contribution is 2.42. The molecule has 4 rings (SSSR count). The minimum atomic E-state index is -3.60. The van der Waals surface area contributed by atoms with Gasteiger partial charge in [0.1, 0.15) is 11.6 Å². The summed E-state index contributed by atoms with van der Waals surface area (Å²) < 4.78 is 30.1. The molecular weight excluding hydrogens is 468 g/mol. The topological polar surface area (TPSA) is 97.3 Å². The molecule has 7 nitrogen and oxygen atoms in total. The molecule has 2 aromatic carbocycles. The summed E-state index contributed by atoms with van der Waals surface area (Å²) >= 11 is 3.55. The molecule has 0 saturated heterocycles. The number of rotatable bonds is 6. The van der Waals surface area contributed by atoms with E-state index >= 15 is 0 Å². The van der Waals surface area contributed by atoms with Gasteiger partial charge in [0.15, 0.2) is 11.5 Å². The average Bonchev–Trinajstić information content (AvgIpc) is 3.02. The van der Waals surface area contributed by atoms with Crippen molar-refractivity contribution in [1.29, 1.82) is 0 Å². The van der Waals surface area contributed by atoms with Crippen molar-refractivity contribution in [3.05, 3.63) is 64.1 Å². The van der Waals surface area contributed by atoms with Crippen LogP contribution in [-0.4, -0.2) is 44.0 Å². The first-order valence-corrected chi connectivity index (χ1v) is 12.2. The van der Waals surface area contributed by atoms with Crippen LogP contribution in [0.25, 0.3) is 0 Å². The van der Waals surface area contributed by atoms with Gasteiger partial charge in [0.05, 0.1) is 5.75 Å². The molecule has 0 aliphatic carbocycles. The first kappa shape index (κ1) is 20.9. The molecule has 2 aliphatic heterocycles. The van der Waals surface area contributed by atoms with E-state index < -0.39 is 15.7 Å². The van der Waals surface area contributed by atoms with E-state index in [0.29, 0.717) is 18.9 Å². The SMILES string of the molecule is CCCS(=O)(=O)Oc1ccc(C2(c3cccc(Br)c3)N=C(N)N3CCCN=C32)cc1. The largest absolute Gasteiger partial charge is 0.382 e.